The summed E-state index contributed by atoms with van der Waals surface area (Å²) in [6.07, 6.45) is -1.28. The van der Waals surface area contributed by atoms with E-state index in [4.69, 9.17) is 10.2 Å². The van der Waals surface area contributed by atoms with Crippen molar-refractivity contribution in [2.24, 2.45) is 0 Å². The fourth-order valence-electron chi connectivity index (χ4n) is 2.55. The number of nitrogens with two attached hydrogens (primary N) is 1. The van der Waals surface area contributed by atoms with Gasteiger partial charge in [0.25, 0.3) is 0 Å². The number of halogens is 3. The molecule has 2 N–H and O–H groups in total. The summed E-state index contributed by atoms with van der Waals surface area (Å²) in [6.45, 7) is 2.52. The lowest BCUT2D eigenvalue weighted by Crippen LogP contribution is -2.11. The molecular weight excluding hydrogens is 379 g/mol. The van der Waals surface area contributed by atoms with Crippen molar-refractivity contribution < 1.29 is 17.6 Å². The molecule has 0 fully saturated rings. The average molecular weight is 397 g/mol. The summed E-state index contributed by atoms with van der Waals surface area (Å²) in [5, 5.41) is 0.599. The molecule has 3 aromatic heterocycles. The zero-order valence-electron chi connectivity index (χ0n) is 14.9. The summed E-state index contributed by atoms with van der Waals surface area (Å²) in [5.41, 5.74) is 6.80. The second-order valence-corrected chi connectivity index (χ2v) is 7.63. The van der Waals surface area contributed by atoms with Gasteiger partial charge in [-0.05, 0) is 27.1 Å². The fourth-order valence-corrected chi connectivity index (χ4v) is 3.42. The van der Waals surface area contributed by atoms with E-state index < -0.39 is 11.9 Å². The minimum absolute atomic E-state index is 0.0440. The van der Waals surface area contributed by atoms with Crippen LogP contribution >= 0.6 is 11.8 Å². The summed E-state index contributed by atoms with van der Waals surface area (Å²) in [6, 6.07) is 2.60. The Morgan fingerprint density at radius 2 is 2.00 bits per heavy atom. The number of rotatable bonds is 5. The number of fused-ring (bicyclic) bond motifs is 1. The molecule has 0 saturated heterocycles. The Kier molecular flexibility index (Phi) is 5.29. The molecule has 3 heterocycles. The van der Waals surface area contributed by atoms with Crippen LogP contribution in [0.15, 0.2) is 34.2 Å². The summed E-state index contributed by atoms with van der Waals surface area (Å²) in [5.74, 6) is -0.224. The van der Waals surface area contributed by atoms with Crippen molar-refractivity contribution in [2.45, 2.75) is 30.1 Å². The third-order valence-corrected chi connectivity index (χ3v) is 4.75. The van der Waals surface area contributed by atoms with Crippen LogP contribution in [0, 0.1) is 0 Å². The molecule has 3 rings (SSSR count). The van der Waals surface area contributed by atoms with Gasteiger partial charge in [0.05, 0.1) is 23.4 Å². The highest BCUT2D eigenvalue weighted by Crippen LogP contribution is 2.36. The Morgan fingerprint density at radius 1 is 1.26 bits per heavy atom. The molecule has 144 valence electrons. The predicted molar refractivity (Wildman–Crippen MR) is 97.1 cm³/mol. The van der Waals surface area contributed by atoms with Crippen LogP contribution in [0.25, 0.3) is 11.0 Å². The van der Waals surface area contributed by atoms with Crippen LogP contribution in [0.5, 0.6) is 0 Å². The molecule has 10 heteroatoms. The highest BCUT2D eigenvalue weighted by molar-refractivity contribution is 7.99. The Balaban J connectivity index is 1.88. The van der Waals surface area contributed by atoms with E-state index in [0.29, 0.717) is 17.8 Å². The molecule has 6 nitrogen and oxygen atoms in total. The molecule has 0 aromatic carbocycles. The summed E-state index contributed by atoms with van der Waals surface area (Å²) >= 11 is 1.07. The molecule has 0 amide bonds. The first-order valence-electron chi connectivity index (χ1n) is 8.02. The summed E-state index contributed by atoms with van der Waals surface area (Å²) in [7, 11) is 3.91. The molecule has 0 radical (unpaired) electrons. The molecule has 0 aliphatic heterocycles. The lowest BCUT2D eigenvalue weighted by molar-refractivity contribution is -0.141. The second-order valence-electron chi connectivity index (χ2n) is 6.32. The number of aromatic nitrogens is 3. The maximum Gasteiger partial charge on any atom is 0.433 e. The van der Waals surface area contributed by atoms with Crippen LogP contribution in [-0.2, 0) is 12.7 Å². The number of alkyl halides is 3. The first kappa shape index (κ1) is 19.4. The van der Waals surface area contributed by atoms with E-state index in [-0.39, 0.29) is 16.2 Å². The monoisotopic (exact) mass is 397 g/mol. The lowest BCUT2D eigenvalue weighted by Gasteiger charge is -2.12. The van der Waals surface area contributed by atoms with Gasteiger partial charge in [0.1, 0.15) is 5.82 Å². The minimum atomic E-state index is -4.58. The first-order chi connectivity index (χ1) is 12.6. The van der Waals surface area contributed by atoms with E-state index in [0.717, 1.165) is 28.8 Å². The Labute approximate surface area is 158 Å². The number of hydrogen-bond acceptors (Lipinski definition) is 7. The quantitative estimate of drug-likeness (QED) is 0.512. The number of thioether (sulfide) groups is 1. The largest absolute Gasteiger partial charge is 0.462 e. The van der Waals surface area contributed by atoms with E-state index in [1.54, 1.807) is 12.5 Å². The molecule has 0 spiro atoms. The van der Waals surface area contributed by atoms with Gasteiger partial charge in [0.15, 0.2) is 16.4 Å². The Bertz CT molecular complexity index is 957. The van der Waals surface area contributed by atoms with Gasteiger partial charge in [-0.25, -0.2) is 9.97 Å². The Morgan fingerprint density at radius 3 is 2.67 bits per heavy atom. The van der Waals surface area contributed by atoms with Crippen LogP contribution in [0.4, 0.5) is 19.0 Å². The minimum Gasteiger partial charge on any atom is -0.462 e. The van der Waals surface area contributed by atoms with Gasteiger partial charge in [-0.3, -0.25) is 4.98 Å². The third kappa shape index (κ3) is 4.51. The predicted octanol–water partition coefficient (Wildman–Crippen LogP) is 4.13. The van der Waals surface area contributed by atoms with Crippen molar-refractivity contribution in [2.75, 3.05) is 19.8 Å². The van der Waals surface area contributed by atoms with Gasteiger partial charge in [-0.2, -0.15) is 13.2 Å². The maximum absolute atomic E-state index is 12.9. The SMILES string of the molecule is CC(Sc1nc(N)cc(C(F)(F)F)n1)c1cc2c(CN(C)C)coc2cn1. The molecule has 0 bridgehead atoms. The standard InChI is InChI=1S/C17H18F3N5OS/c1-9(27-16-23-14(17(18,19)20)5-15(21)24-16)12-4-11-10(7-25(2)3)8-26-13(11)6-22-12/h4-6,8-9H,7H2,1-3H3,(H2,21,23,24). The van der Waals surface area contributed by atoms with Gasteiger partial charge >= 0.3 is 6.18 Å². The van der Waals surface area contributed by atoms with Gasteiger partial charge in [0.2, 0.25) is 0 Å². The number of nitrogen functional groups attached to an aromatic ring is 1. The lowest BCUT2D eigenvalue weighted by atomic mass is 10.1. The molecule has 0 aliphatic rings. The number of nitrogens with zero attached hydrogens (tertiary/aromatic N) is 4. The van der Waals surface area contributed by atoms with Crippen LogP contribution in [-0.4, -0.2) is 33.9 Å². The van der Waals surface area contributed by atoms with Crippen LogP contribution in [0.1, 0.15) is 29.1 Å². The molecule has 1 atom stereocenters. The molecule has 0 saturated carbocycles. The number of pyridine rings is 1. The number of hydrogen-bond donors (Lipinski definition) is 1. The van der Waals surface area contributed by atoms with Gasteiger partial charge in [-0.1, -0.05) is 11.8 Å². The number of anilines is 1. The normalized spacial score (nSPS) is 13.4. The van der Waals surface area contributed by atoms with Crippen molar-refractivity contribution >= 4 is 28.5 Å². The molecule has 27 heavy (non-hydrogen) atoms. The second kappa shape index (κ2) is 7.35. The Hall–Kier alpha value is -2.33. The van der Waals surface area contributed by atoms with E-state index in [1.165, 1.54) is 0 Å². The third-order valence-electron chi connectivity index (χ3n) is 3.76. The summed E-state index contributed by atoms with van der Waals surface area (Å²) in [4.78, 5) is 13.8. The summed E-state index contributed by atoms with van der Waals surface area (Å²) < 4.78 is 44.3. The van der Waals surface area contributed by atoms with Crippen molar-refractivity contribution in [3.8, 4) is 0 Å². The maximum atomic E-state index is 12.9. The van der Waals surface area contributed by atoms with Crippen molar-refractivity contribution in [3.63, 3.8) is 0 Å². The van der Waals surface area contributed by atoms with E-state index in [9.17, 15) is 13.2 Å². The molecular formula is C17H18F3N5OS. The van der Waals surface area contributed by atoms with Crippen LogP contribution in [0.3, 0.4) is 0 Å². The highest BCUT2D eigenvalue weighted by atomic mass is 32.2. The van der Waals surface area contributed by atoms with E-state index >= 15 is 0 Å². The van der Waals surface area contributed by atoms with Crippen LogP contribution in [0.2, 0.25) is 0 Å². The van der Waals surface area contributed by atoms with Gasteiger partial charge in [-0.15, -0.1) is 0 Å². The highest BCUT2D eigenvalue weighted by Gasteiger charge is 2.33. The molecule has 0 aliphatic carbocycles. The number of furan rings is 1. The van der Waals surface area contributed by atoms with Gasteiger partial charge in [0, 0.05) is 23.6 Å². The average Bonchev–Trinajstić information content (AvgIpc) is 2.95. The van der Waals surface area contributed by atoms with Gasteiger partial charge < -0.3 is 15.1 Å². The molecule has 3 aromatic rings. The van der Waals surface area contributed by atoms with Crippen molar-refractivity contribution in [3.05, 3.63) is 41.5 Å². The zero-order chi connectivity index (χ0) is 19.8. The van der Waals surface area contributed by atoms with E-state index in [2.05, 4.69) is 15.0 Å². The fraction of sp³-hybridized carbons (Fsp3) is 0.353. The van der Waals surface area contributed by atoms with Crippen molar-refractivity contribution in [1.29, 1.82) is 0 Å². The van der Waals surface area contributed by atoms with E-state index in [1.807, 2.05) is 32.0 Å². The van der Waals surface area contributed by atoms with Crippen molar-refractivity contribution in [1.82, 2.24) is 19.9 Å². The zero-order valence-corrected chi connectivity index (χ0v) is 15.7. The smallest absolute Gasteiger partial charge is 0.433 e. The molecule has 1 unspecified atom stereocenters. The topological polar surface area (TPSA) is 81.1 Å². The van der Waals surface area contributed by atoms with Crippen LogP contribution < -0.4 is 5.73 Å². The first-order valence-corrected chi connectivity index (χ1v) is 8.90.